The fourth-order valence-corrected chi connectivity index (χ4v) is 10.3. The Balaban J connectivity index is 1.26. The van der Waals surface area contributed by atoms with E-state index >= 15 is 0 Å². The standard InChI is InChI=1S/C33H51NO4/c1-6-23-27-18-22(35)12-15-33(27,5)26-13-16-32(4)24(9-10-25(32)30(26)31(23)37)20(3)14-17-38-29-11-8-21(19-34-29)28(36)7-2/h8,11,19-20,22-27,30-31,35,37H,6-7,9-10,12-18H2,1-5H3/t20-,22-,23-,24-,25+,26+,27+,30+,31-,32-,33-/m1/s1. The molecule has 11 atom stereocenters. The fraction of sp³-hybridized carbons (Fsp3) is 0.818. The summed E-state index contributed by atoms with van der Waals surface area (Å²) in [6.07, 6.45) is 11.6. The van der Waals surface area contributed by atoms with Crippen LogP contribution < -0.4 is 4.74 Å². The number of Topliss-reactive ketones (excluding diaryl/α,β-unsaturated/α-hetero) is 1. The van der Waals surface area contributed by atoms with E-state index < -0.39 is 0 Å². The summed E-state index contributed by atoms with van der Waals surface area (Å²) in [5.74, 6) is 4.25. The predicted octanol–water partition coefficient (Wildman–Crippen LogP) is 6.71. The molecule has 212 valence electrons. The summed E-state index contributed by atoms with van der Waals surface area (Å²) < 4.78 is 6.00. The third kappa shape index (κ3) is 4.64. The quantitative estimate of drug-likeness (QED) is 0.369. The number of carbonyl (C=O) groups is 1. The zero-order valence-electron chi connectivity index (χ0n) is 24.4. The van der Waals surface area contributed by atoms with Crippen molar-refractivity contribution in [1.29, 1.82) is 0 Å². The summed E-state index contributed by atoms with van der Waals surface area (Å²) in [4.78, 5) is 16.2. The number of aromatic nitrogens is 1. The van der Waals surface area contributed by atoms with Gasteiger partial charge in [0.2, 0.25) is 5.88 Å². The SMILES string of the molecule is CCC(=O)c1ccc(OCC[C@@H](C)[C@H]2CC[C@H]3[C@@H]4[C@H](O)[C@H](CC)[C@@H]5C[C@H](O)CC[C@]5(C)[C@H]4CC[C@]23C)nc1. The minimum Gasteiger partial charge on any atom is -0.478 e. The Bertz CT molecular complexity index is 980. The lowest BCUT2D eigenvalue weighted by atomic mass is 9.41. The van der Waals surface area contributed by atoms with Crippen LogP contribution in [0, 0.1) is 52.3 Å². The molecular weight excluding hydrogens is 474 g/mol. The van der Waals surface area contributed by atoms with Crippen molar-refractivity contribution in [3.63, 3.8) is 0 Å². The molecule has 0 amide bonds. The van der Waals surface area contributed by atoms with Crippen LogP contribution in [0.2, 0.25) is 0 Å². The summed E-state index contributed by atoms with van der Waals surface area (Å²) in [7, 11) is 0. The largest absolute Gasteiger partial charge is 0.478 e. The first-order chi connectivity index (χ1) is 18.1. The number of nitrogens with zero attached hydrogens (tertiary/aromatic N) is 1. The van der Waals surface area contributed by atoms with Crippen LogP contribution in [0.25, 0.3) is 0 Å². The van der Waals surface area contributed by atoms with Gasteiger partial charge in [0, 0.05) is 24.2 Å². The third-order valence-electron chi connectivity index (χ3n) is 12.4. The Morgan fingerprint density at radius 3 is 2.47 bits per heavy atom. The van der Waals surface area contributed by atoms with Gasteiger partial charge in [0.15, 0.2) is 5.78 Å². The molecule has 5 heteroatoms. The normalized spacial score (nSPS) is 43.0. The molecule has 1 heterocycles. The molecule has 1 aromatic heterocycles. The lowest BCUT2D eigenvalue weighted by Crippen LogP contribution is -2.62. The molecular formula is C33H51NO4. The number of rotatable bonds is 8. The summed E-state index contributed by atoms with van der Waals surface area (Å²) in [5, 5.41) is 22.4. The van der Waals surface area contributed by atoms with Crippen molar-refractivity contribution in [1.82, 2.24) is 4.98 Å². The summed E-state index contributed by atoms with van der Waals surface area (Å²) in [6, 6.07) is 3.63. The van der Waals surface area contributed by atoms with Crippen molar-refractivity contribution in [2.24, 2.45) is 52.3 Å². The number of hydrogen-bond acceptors (Lipinski definition) is 5. The van der Waals surface area contributed by atoms with Crippen LogP contribution in [-0.4, -0.2) is 39.8 Å². The minimum atomic E-state index is -0.232. The molecule has 2 N–H and O–H groups in total. The van der Waals surface area contributed by atoms with Gasteiger partial charge in [-0.15, -0.1) is 0 Å². The molecule has 4 saturated carbocycles. The number of fused-ring (bicyclic) bond motifs is 5. The van der Waals surface area contributed by atoms with E-state index in [9.17, 15) is 15.0 Å². The number of pyridine rings is 1. The molecule has 0 unspecified atom stereocenters. The lowest BCUT2D eigenvalue weighted by Gasteiger charge is -2.64. The number of ketones is 1. The second kappa shape index (κ2) is 10.8. The van der Waals surface area contributed by atoms with Crippen molar-refractivity contribution in [3.8, 4) is 5.88 Å². The Labute approximate surface area is 230 Å². The molecule has 0 aromatic carbocycles. The van der Waals surface area contributed by atoms with Crippen molar-refractivity contribution in [2.75, 3.05) is 6.61 Å². The van der Waals surface area contributed by atoms with Gasteiger partial charge in [-0.05, 0) is 110 Å². The van der Waals surface area contributed by atoms with Gasteiger partial charge in [-0.25, -0.2) is 4.98 Å². The van der Waals surface area contributed by atoms with Gasteiger partial charge < -0.3 is 14.9 Å². The van der Waals surface area contributed by atoms with Crippen LogP contribution in [0.4, 0.5) is 0 Å². The highest BCUT2D eigenvalue weighted by Gasteiger charge is 2.64. The van der Waals surface area contributed by atoms with E-state index in [0.29, 0.717) is 65.9 Å². The van der Waals surface area contributed by atoms with E-state index in [1.54, 1.807) is 6.20 Å². The Kier molecular flexibility index (Phi) is 8.01. The number of hydrogen-bond donors (Lipinski definition) is 2. The van der Waals surface area contributed by atoms with Gasteiger partial charge in [0.05, 0.1) is 18.8 Å². The van der Waals surface area contributed by atoms with Gasteiger partial charge in [-0.2, -0.15) is 0 Å². The van der Waals surface area contributed by atoms with Crippen LogP contribution in [0.15, 0.2) is 18.3 Å². The molecule has 5 rings (SSSR count). The fourth-order valence-electron chi connectivity index (χ4n) is 10.3. The predicted molar refractivity (Wildman–Crippen MR) is 150 cm³/mol. The van der Waals surface area contributed by atoms with Gasteiger partial charge in [0.25, 0.3) is 0 Å². The second-order valence-electron chi connectivity index (χ2n) is 13.9. The smallest absolute Gasteiger partial charge is 0.213 e. The van der Waals surface area contributed by atoms with E-state index in [-0.39, 0.29) is 28.8 Å². The number of carbonyl (C=O) groups excluding carboxylic acids is 1. The highest BCUT2D eigenvalue weighted by molar-refractivity contribution is 5.95. The Morgan fingerprint density at radius 1 is 1.05 bits per heavy atom. The molecule has 0 radical (unpaired) electrons. The minimum absolute atomic E-state index is 0.107. The maximum atomic E-state index is 11.9. The van der Waals surface area contributed by atoms with Crippen LogP contribution in [-0.2, 0) is 0 Å². The average Bonchev–Trinajstić information content (AvgIpc) is 3.27. The van der Waals surface area contributed by atoms with E-state index in [1.165, 1.54) is 25.7 Å². The number of aliphatic hydroxyl groups excluding tert-OH is 2. The number of ether oxygens (including phenoxy) is 1. The average molecular weight is 526 g/mol. The molecule has 5 nitrogen and oxygen atoms in total. The zero-order chi connectivity index (χ0) is 27.2. The van der Waals surface area contributed by atoms with E-state index in [2.05, 4.69) is 32.7 Å². The van der Waals surface area contributed by atoms with Crippen molar-refractivity contribution in [3.05, 3.63) is 23.9 Å². The molecule has 38 heavy (non-hydrogen) atoms. The van der Waals surface area contributed by atoms with E-state index in [0.717, 1.165) is 32.1 Å². The topological polar surface area (TPSA) is 79.7 Å². The van der Waals surface area contributed by atoms with Crippen molar-refractivity contribution in [2.45, 2.75) is 111 Å². The van der Waals surface area contributed by atoms with Gasteiger partial charge in [-0.3, -0.25) is 4.79 Å². The first-order valence-corrected chi connectivity index (χ1v) is 15.6. The molecule has 4 aliphatic rings. The Morgan fingerprint density at radius 2 is 1.79 bits per heavy atom. The maximum Gasteiger partial charge on any atom is 0.213 e. The van der Waals surface area contributed by atoms with Crippen molar-refractivity contribution < 1.29 is 19.7 Å². The van der Waals surface area contributed by atoms with Crippen LogP contribution >= 0.6 is 0 Å². The highest BCUT2D eigenvalue weighted by Crippen LogP contribution is 2.69. The number of aliphatic hydroxyl groups is 2. The van der Waals surface area contributed by atoms with Crippen molar-refractivity contribution >= 4 is 5.78 Å². The molecule has 0 spiro atoms. The van der Waals surface area contributed by atoms with E-state index in [4.69, 9.17) is 4.74 Å². The summed E-state index contributed by atoms with van der Waals surface area (Å²) in [5.41, 5.74) is 1.18. The van der Waals surface area contributed by atoms with E-state index in [1.807, 2.05) is 19.1 Å². The molecule has 4 fully saturated rings. The molecule has 4 aliphatic carbocycles. The monoisotopic (exact) mass is 525 g/mol. The van der Waals surface area contributed by atoms with Crippen LogP contribution in [0.5, 0.6) is 5.88 Å². The first kappa shape index (κ1) is 28.1. The molecule has 1 aromatic rings. The maximum absolute atomic E-state index is 11.9. The highest BCUT2D eigenvalue weighted by atomic mass is 16.5. The lowest BCUT2D eigenvalue weighted by molar-refractivity contribution is -0.203. The van der Waals surface area contributed by atoms with Crippen LogP contribution in [0.1, 0.15) is 109 Å². The summed E-state index contributed by atoms with van der Waals surface area (Å²) in [6.45, 7) is 12.2. The molecule has 0 bridgehead atoms. The first-order valence-electron chi connectivity index (χ1n) is 15.6. The molecule has 0 aliphatic heterocycles. The van der Waals surface area contributed by atoms with Gasteiger partial charge >= 0.3 is 0 Å². The Hall–Kier alpha value is -1.46. The third-order valence-corrected chi connectivity index (χ3v) is 12.4. The zero-order valence-corrected chi connectivity index (χ0v) is 24.4. The van der Waals surface area contributed by atoms with Gasteiger partial charge in [-0.1, -0.05) is 41.0 Å². The van der Waals surface area contributed by atoms with Crippen LogP contribution in [0.3, 0.4) is 0 Å². The second-order valence-corrected chi connectivity index (χ2v) is 13.9. The molecule has 0 saturated heterocycles. The van der Waals surface area contributed by atoms with Gasteiger partial charge in [0.1, 0.15) is 0 Å². The summed E-state index contributed by atoms with van der Waals surface area (Å²) >= 11 is 0.